The molecule has 0 atom stereocenters. The van der Waals surface area contributed by atoms with Crippen LogP contribution in [0.3, 0.4) is 0 Å². The molecule has 3 nitrogen and oxygen atoms in total. The van der Waals surface area contributed by atoms with Gasteiger partial charge in [0.15, 0.2) is 0 Å². The molecule has 0 unspecified atom stereocenters. The molecule has 60 valence electrons. The van der Waals surface area contributed by atoms with Gasteiger partial charge in [-0.25, -0.2) is 4.98 Å². The van der Waals surface area contributed by atoms with Crippen molar-refractivity contribution in [2.24, 2.45) is 0 Å². The molecule has 2 rings (SSSR count). The zero-order valence-electron chi connectivity index (χ0n) is 6.59. The van der Waals surface area contributed by atoms with E-state index in [9.17, 15) is 0 Å². The van der Waals surface area contributed by atoms with Crippen LogP contribution in [-0.4, -0.2) is 14.1 Å². The monoisotopic (exact) mass is 159 g/mol. The molecule has 0 fully saturated rings. The molecule has 0 bridgehead atoms. The summed E-state index contributed by atoms with van der Waals surface area (Å²) in [6.45, 7) is 3.93. The summed E-state index contributed by atoms with van der Waals surface area (Å²) in [6.07, 6.45) is 9.21. The van der Waals surface area contributed by atoms with Gasteiger partial charge in [0.2, 0.25) is 0 Å². The number of rotatable bonds is 2. The molecular formula is C9H9N3. The molecule has 2 aromatic heterocycles. The van der Waals surface area contributed by atoms with Crippen molar-refractivity contribution >= 4 is 0 Å². The SMILES string of the molecule is C=C(n1cccc1)n1ccnc1. The molecule has 0 N–H and O–H groups in total. The quantitative estimate of drug-likeness (QED) is 0.650. The van der Waals surface area contributed by atoms with Crippen LogP contribution in [0.5, 0.6) is 0 Å². The minimum atomic E-state index is 0.873. The predicted octanol–water partition coefficient (Wildman–Crippen LogP) is 1.48. The van der Waals surface area contributed by atoms with E-state index in [1.807, 2.05) is 39.9 Å². The summed E-state index contributed by atoms with van der Waals surface area (Å²) in [5.41, 5.74) is 0. The van der Waals surface area contributed by atoms with Crippen LogP contribution in [0.2, 0.25) is 0 Å². The Kier molecular flexibility index (Phi) is 1.55. The van der Waals surface area contributed by atoms with Crippen molar-refractivity contribution in [1.82, 2.24) is 14.1 Å². The Morgan fingerprint density at radius 3 is 2.42 bits per heavy atom. The van der Waals surface area contributed by atoms with E-state index in [-0.39, 0.29) is 0 Å². The first-order chi connectivity index (χ1) is 5.88. The molecule has 0 aromatic carbocycles. The van der Waals surface area contributed by atoms with Crippen LogP contribution in [0.4, 0.5) is 0 Å². The van der Waals surface area contributed by atoms with Gasteiger partial charge in [-0.05, 0) is 12.1 Å². The minimum Gasteiger partial charge on any atom is -0.310 e. The van der Waals surface area contributed by atoms with Gasteiger partial charge in [-0.1, -0.05) is 6.58 Å². The van der Waals surface area contributed by atoms with E-state index in [0.29, 0.717) is 0 Å². The molecule has 0 aliphatic carbocycles. The molecule has 0 amide bonds. The maximum absolute atomic E-state index is 3.94. The van der Waals surface area contributed by atoms with Crippen LogP contribution in [0, 0.1) is 5.82 Å². The smallest absolute Gasteiger partial charge is 0.114 e. The number of hydrogen-bond acceptors (Lipinski definition) is 1. The van der Waals surface area contributed by atoms with Gasteiger partial charge in [-0.3, -0.25) is 4.57 Å². The normalized spacial score (nSPS) is 10.0. The number of nitrogens with zero attached hydrogens (tertiary/aromatic N) is 3. The van der Waals surface area contributed by atoms with Crippen molar-refractivity contribution in [1.29, 1.82) is 0 Å². The average Bonchev–Trinajstić information content (AvgIpc) is 2.77. The molecular weight excluding hydrogens is 150 g/mol. The van der Waals surface area contributed by atoms with Gasteiger partial charge in [-0.15, -0.1) is 0 Å². The van der Waals surface area contributed by atoms with Gasteiger partial charge in [0.05, 0.1) is 0 Å². The van der Waals surface area contributed by atoms with E-state index < -0.39 is 0 Å². The molecule has 0 saturated carbocycles. The van der Waals surface area contributed by atoms with Crippen molar-refractivity contribution in [2.75, 3.05) is 0 Å². The zero-order chi connectivity index (χ0) is 8.39. The second-order valence-corrected chi connectivity index (χ2v) is 2.48. The average molecular weight is 159 g/mol. The second-order valence-electron chi connectivity index (χ2n) is 2.48. The van der Waals surface area contributed by atoms with Crippen molar-refractivity contribution in [3.8, 4) is 0 Å². The largest absolute Gasteiger partial charge is 0.310 e. The first-order valence-electron chi connectivity index (χ1n) is 3.68. The number of imidazole rings is 1. The summed E-state index contributed by atoms with van der Waals surface area (Å²) in [6, 6.07) is 3.92. The molecule has 0 saturated heterocycles. The molecule has 12 heavy (non-hydrogen) atoms. The molecule has 2 heterocycles. The minimum absolute atomic E-state index is 0.873. The highest BCUT2D eigenvalue weighted by Crippen LogP contribution is 2.00. The molecule has 0 aliphatic rings. The summed E-state index contributed by atoms with van der Waals surface area (Å²) >= 11 is 0. The highest BCUT2D eigenvalue weighted by atomic mass is 15.2. The van der Waals surface area contributed by atoms with Crippen molar-refractivity contribution in [3.63, 3.8) is 0 Å². The van der Waals surface area contributed by atoms with Crippen LogP contribution in [0.15, 0.2) is 49.8 Å². The molecule has 0 spiro atoms. The van der Waals surface area contributed by atoms with E-state index in [1.165, 1.54) is 0 Å². The van der Waals surface area contributed by atoms with Crippen LogP contribution < -0.4 is 0 Å². The Hall–Kier alpha value is -1.77. The second kappa shape index (κ2) is 2.70. The number of hydrogen-bond donors (Lipinski definition) is 0. The van der Waals surface area contributed by atoms with E-state index in [1.54, 1.807) is 12.5 Å². The first-order valence-corrected chi connectivity index (χ1v) is 3.68. The third kappa shape index (κ3) is 1.05. The lowest BCUT2D eigenvalue weighted by Crippen LogP contribution is -2.05. The van der Waals surface area contributed by atoms with Gasteiger partial charge in [-0.2, -0.15) is 0 Å². The summed E-state index contributed by atoms with van der Waals surface area (Å²) < 4.78 is 3.79. The topological polar surface area (TPSA) is 22.8 Å². The van der Waals surface area contributed by atoms with E-state index in [0.717, 1.165) is 5.82 Å². The fourth-order valence-electron chi connectivity index (χ4n) is 1.05. The summed E-state index contributed by atoms with van der Waals surface area (Å²) in [7, 11) is 0. The van der Waals surface area contributed by atoms with Crippen molar-refractivity contribution in [3.05, 3.63) is 55.6 Å². The lowest BCUT2D eigenvalue weighted by atomic mass is 10.7. The van der Waals surface area contributed by atoms with Gasteiger partial charge in [0.25, 0.3) is 0 Å². The highest BCUT2D eigenvalue weighted by molar-refractivity contribution is 5.01. The van der Waals surface area contributed by atoms with Crippen molar-refractivity contribution in [2.45, 2.75) is 0 Å². The van der Waals surface area contributed by atoms with E-state index in [2.05, 4.69) is 11.6 Å². The Morgan fingerprint density at radius 1 is 1.08 bits per heavy atom. The van der Waals surface area contributed by atoms with Crippen LogP contribution >= 0.6 is 0 Å². The summed E-state index contributed by atoms with van der Waals surface area (Å²) in [5.74, 6) is 0.873. The zero-order valence-corrected chi connectivity index (χ0v) is 6.59. The van der Waals surface area contributed by atoms with Crippen LogP contribution in [0.1, 0.15) is 0 Å². The number of aromatic nitrogens is 3. The van der Waals surface area contributed by atoms with Gasteiger partial charge >= 0.3 is 0 Å². The molecule has 3 heteroatoms. The fraction of sp³-hybridized carbons (Fsp3) is 0. The summed E-state index contributed by atoms with van der Waals surface area (Å²) in [5, 5.41) is 0. The maximum Gasteiger partial charge on any atom is 0.114 e. The van der Waals surface area contributed by atoms with Crippen LogP contribution in [0.25, 0.3) is 0 Å². The van der Waals surface area contributed by atoms with Gasteiger partial charge in [0.1, 0.15) is 12.1 Å². The van der Waals surface area contributed by atoms with Gasteiger partial charge in [0, 0.05) is 24.8 Å². The maximum atomic E-state index is 3.94. The molecule has 2 aromatic rings. The lowest BCUT2D eigenvalue weighted by molar-refractivity contribution is 0.765. The lowest BCUT2D eigenvalue weighted by Gasteiger charge is -2.06. The third-order valence-corrected chi connectivity index (χ3v) is 1.70. The Bertz CT molecular complexity index is 320. The Morgan fingerprint density at radius 2 is 1.83 bits per heavy atom. The third-order valence-electron chi connectivity index (χ3n) is 1.70. The fourth-order valence-corrected chi connectivity index (χ4v) is 1.05. The molecule has 0 aliphatic heterocycles. The van der Waals surface area contributed by atoms with Crippen molar-refractivity contribution < 1.29 is 0 Å². The Labute approximate surface area is 70.6 Å². The standard InChI is InChI=1S/C9H9N3/c1-9(11-5-2-3-6-11)12-7-4-10-8-12/h2-8H,1H2. The predicted molar refractivity (Wildman–Crippen MR) is 46.3 cm³/mol. The molecule has 0 radical (unpaired) electrons. The van der Waals surface area contributed by atoms with Crippen LogP contribution in [-0.2, 0) is 0 Å². The Balaban J connectivity index is 2.34. The van der Waals surface area contributed by atoms with E-state index >= 15 is 0 Å². The summed E-state index contributed by atoms with van der Waals surface area (Å²) in [4.78, 5) is 3.94. The van der Waals surface area contributed by atoms with E-state index in [4.69, 9.17) is 0 Å². The first kappa shape index (κ1) is 6.91. The highest BCUT2D eigenvalue weighted by Gasteiger charge is 1.95. The van der Waals surface area contributed by atoms with Gasteiger partial charge < -0.3 is 4.57 Å².